The fourth-order valence-electron chi connectivity index (χ4n) is 4.73. The summed E-state index contributed by atoms with van der Waals surface area (Å²) in [6.07, 6.45) is 2.79. The first kappa shape index (κ1) is 23.8. The number of aromatic nitrogens is 5. The molecule has 8 nitrogen and oxygen atoms in total. The van der Waals surface area contributed by atoms with Crippen LogP contribution in [0.4, 0.5) is 0 Å². The number of ether oxygens (including phenoxy) is 1. The summed E-state index contributed by atoms with van der Waals surface area (Å²) in [5, 5.41) is 0.929. The van der Waals surface area contributed by atoms with Crippen LogP contribution in [0.1, 0.15) is 23.4 Å². The third-order valence-electron chi connectivity index (χ3n) is 6.85. The molecule has 0 unspecified atom stereocenters. The Morgan fingerprint density at radius 3 is 2.45 bits per heavy atom. The predicted molar refractivity (Wildman–Crippen MR) is 150 cm³/mol. The molecule has 6 aromatic rings. The Kier molecular flexibility index (Phi) is 6.09. The number of H-pyrrole nitrogens is 1. The fraction of sp³-hybridized carbons (Fsp3) is 0.200. The Hall–Kier alpha value is -4.56. The van der Waals surface area contributed by atoms with Crippen molar-refractivity contribution in [3.05, 3.63) is 94.2 Å². The lowest BCUT2D eigenvalue weighted by atomic mass is 10.1. The molecule has 3 aromatic heterocycles. The number of nitrogens with zero attached hydrogens (tertiary/aromatic N) is 4. The van der Waals surface area contributed by atoms with Crippen molar-refractivity contribution >= 4 is 33.0 Å². The molecule has 190 valence electrons. The predicted octanol–water partition coefficient (Wildman–Crippen LogP) is 5.03. The lowest BCUT2D eigenvalue weighted by Gasteiger charge is -2.09. The van der Waals surface area contributed by atoms with Crippen molar-refractivity contribution in [2.45, 2.75) is 33.4 Å². The molecule has 0 saturated heterocycles. The second-order valence-electron chi connectivity index (χ2n) is 9.50. The van der Waals surface area contributed by atoms with Gasteiger partial charge >= 0.3 is 0 Å². The van der Waals surface area contributed by atoms with Gasteiger partial charge in [0.05, 0.1) is 39.0 Å². The fourth-order valence-corrected chi connectivity index (χ4v) is 4.73. The van der Waals surface area contributed by atoms with Crippen LogP contribution in [0.25, 0.3) is 44.2 Å². The maximum atomic E-state index is 13.3. The maximum absolute atomic E-state index is 13.3. The van der Waals surface area contributed by atoms with E-state index in [-0.39, 0.29) is 5.56 Å². The summed E-state index contributed by atoms with van der Waals surface area (Å²) < 4.78 is 8.20. The molecule has 38 heavy (non-hydrogen) atoms. The first-order valence-corrected chi connectivity index (χ1v) is 12.7. The molecule has 0 aliphatic carbocycles. The van der Waals surface area contributed by atoms with Gasteiger partial charge in [-0.15, -0.1) is 0 Å². The van der Waals surface area contributed by atoms with Crippen molar-refractivity contribution in [3.63, 3.8) is 0 Å². The average molecular weight is 505 g/mol. The van der Waals surface area contributed by atoms with E-state index in [0.29, 0.717) is 29.9 Å². The molecule has 0 spiro atoms. The van der Waals surface area contributed by atoms with Gasteiger partial charge in [-0.2, -0.15) is 0 Å². The summed E-state index contributed by atoms with van der Waals surface area (Å²) in [6.45, 7) is 5.63. The smallest absolute Gasteiger partial charge is 0.275 e. The highest BCUT2D eigenvalue weighted by Crippen LogP contribution is 2.32. The number of rotatable bonds is 7. The molecule has 0 saturated carbocycles. The topological polar surface area (TPSA) is 112 Å². The summed E-state index contributed by atoms with van der Waals surface area (Å²) >= 11 is 0. The number of hydrogen-bond donors (Lipinski definition) is 2. The van der Waals surface area contributed by atoms with Gasteiger partial charge in [-0.3, -0.25) is 4.79 Å². The lowest BCUT2D eigenvalue weighted by Crippen LogP contribution is -2.11. The van der Waals surface area contributed by atoms with Gasteiger partial charge < -0.3 is 20.0 Å². The molecular weight excluding hydrogens is 476 g/mol. The Bertz CT molecular complexity index is 1860. The molecule has 3 heterocycles. The maximum Gasteiger partial charge on any atom is 0.275 e. The van der Waals surface area contributed by atoms with E-state index in [0.717, 1.165) is 63.2 Å². The van der Waals surface area contributed by atoms with Gasteiger partial charge in [-0.1, -0.05) is 30.3 Å². The lowest BCUT2D eigenvalue weighted by molar-refractivity contribution is 0.306. The highest BCUT2D eigenvalue weighted by atomic mass is 16.5. The van der Waals surface area contributed by atoms with Crippen molar-refractivity contribution in [1.29, 1.82) is 0 Å². The van der Waals surface area contributed by atoms with E-state index in [4.69, 9.17) is 15.5 Å². The van der Waals surface area contributed by atoms with Crippen LogP contribution in [0.15, 0.2) is 71.7 Å². The van der Waals surface area contributed by atoms with Crippen LogP contribution in [-0.4, -0.2) is 31.0 Å². The van der Waals surface area contributed by atoms with Gasteiger partial charge in [-0.05, 0) is 56.6 Å². The number of nitrogens with one attached hydrogen (secondary N) is 1. The average Bonchev–Trinajstić information content (AvgIpc) is 3.28. The molecule has 3 N–H and O–H groups in total. The quantitative estimate of drug-likeness (QED) is 0.295. The summed E-state index contributed by atoms with van der Waals surface area (Å²) in [5.74, 6) is 0.760. The second-order valence-corrected chi connectivity index (χ2v) is 9.50. The van der Waals surface area contributed by atoms with E-state index in [1.807, 2.05) is 80.7 Å². The number of aromatic amines is 1. The number of benzene rings is 3. The first-order chi connectivity index (χ1) is 18.5. The van der Waals surface area contributed by atoms with Gasteiger partial charge in [0, 0.05) is 29.8 Å². The zero-order chi connectivity index (χ0) is 26.2. The van der Waals surface area contributed by atoms with E-state index in [1.54, 1.807) is 0 Å². The van der Waals surface area contributed by atoms with Crippen LogP contribution in [0.3, 0.4) is 0 Å². The minimum absolute atomic E-state index is 0.254. The van der Waals surface area contributed by atoms with E-state index in [1.165, 1.54) is 0 Å². The zero-order valence-electron chi connectivity index (χ0n) is 21.4. The van der Waals surface area contributed by atoms with Crippen LogP contribution >= 0.6 is 0 Å². The van der Waals surface area contributed by atoms with E-state index in [2.05, 4.69) is 19.5 Å². The van der Waals surface area contributed by atoms with Gasteiger partial charge in [0.15, 0.2) is 0 Å². The second kappa shape index (κ2) is 9.72. The Balaban J connectivity index is 1.45. The first-order valence-electron chi connectivity index (χ1n) is 12.7. The summed E-state index contributed by atoms with van der Waals surface area (Å²) in [4.78, 5) is 30.4. The minimum atomic E-state index is -0.254. The highest BCUT2D eigenvalue weighted by molar-refractivity contribution is 5.97. The van der Waals surface area contributed by atoms with Crippen LogP contribution in [-0.2, 0) is 13.2 Å². The standard InChI is InChI=1S/C30H28N6O2/c1-18-19(2)33-25-15-27-26(14-24(25)32-18)34-29(30(37)35-27)23-16-36(12-6-11-31)28-13-21(9-10-22(23)28)38-17-20-7-4-3-5-8-20/h3-5,7-10,13-16H,6,11-12,17,31H2,1-2H3,(H,35,37). The molecule has 0 amide bonds. The van der Waals surface area contributed by atoms with Gasteiger partial charge in [0.1, 0.15) is 18.1 Å². The molecule has 0 aliphatic rings. The van der Waals surface area contributed by atoms with E-state index in [9.17, 15) is 4.79 Å². The van der Waals surface area contributed by atoms with Crippen molar-refractivity contribution in [1.82, 2.24) is 24.5 Å². The largest absolute Gasteiger partial charge is 0.489 e. The molecule has 0 aliphatic heterocycles. The number of hydrogen-bond acceptors (Lipinski definition) is 6. The third kappa shape index (κ3) is 4.39. The van der Waals surface area contributed by atoms with Crippen molar-refractivity contribution < 1.29 is 4.74 Å². The number of fused-ring (bicyclic) bond motifs is 3. The summed E-state index contributed by atoms with van der Waals surface area (Å²) in [5.41, 5.74) is 13.3. The molecule has 0 fully saturated rings. The SMILES string of the molecule is Cc1nc2cc3nc(-c4cn(CCCN)c5cc(OCc6ccccc6)ccc45)c(=O)[nH]c3cc2nc1C. The van der Waals surface area contributed by atoms with Crippen LogP contribution in [0.2, 0.25) is 0 Å². The molecule has 0 bridgehead atoms. The Morgan fingerprint density at radius 1 is 0.921 bits per heavy atom. The molecule has 0 atom stereocenters. The molecule has 3 aromatic carbocycles. The van der Waals surface area contributed by atoms with Gasteiger partial charge in [-0.25, -0.2) is 15.0 Å². The minimum Gasteiger partial charge on any atom is -0.489 e. The van der Waals surface area contributed by atoms with E-state index >= 15 is 0 Å². The Morgan fingerprint density at radius 2 is 1.68 bits per heavy atom. The summed E-state index contributed by atoms with van der Waals surface area (Å²) in [6, 6.07) is 19.7. The van der Waals surface area contributed by atoms with E-state index < -0.39 is 0 Å². The van der Waals surface area contributed by atoms with Crippen LogP contribution in [0.5, 0.6) is 5.75 Å². The number of nitrogens with two attached hydrogens (primary N) is 1. The van der Waals surface area contributed by atoms with Crippen molar-refractivity contribution in [2.24, 2.45) is 5.73 Å². The van der Waals surface area contributed by atoms with Crippen molar-refractivity contribution in [2.75, 3.05) is 6.54 Å². The Labute approximate surface area is 219 Å². The van der Waals surface area contributed by atoms with Crippen molar-refractivity contribution in [3.8, 4) is 17.0 Å². The summed E-state index contributed by atoms with van der Waals surface area (Å²) in [7, 11) is 0. The van der Waals surface area contributed by atoms with Crippen LogP contribution in [0, 0.1) is 13.8 Å². The zero-order valence-corrected chi connectivity index (χ0v) is 21.4. The molecular formula is C30H28N6O2. The monoisotopic (exact) mass is 504 g/mol. The molecule has 8 heteroatoms. The third-order valence-corrected chi connectivity index (χ3v) is 6.85. The highest BCUT2D eigenvalue weighted by Gasteiger charge is 2.17. The van der Waals surface area contributed by atoms with Gasteiger partial charge in [0.2, 0.25) is 0 Å². The van der Waals surface area contributed by atoms with Crippen LogP contribution < -0.4 is 16.0 Å². The number of aryl methyl sites for hydroxylation is 3. The normalized spacial score (nSPS) is 11.6. The molecule has 0 radical (unpaired) electrons. The molecule has 6 rings (SSSR count). The van der Waals surface area contributed by atoms with Gasteiger partial charge in [0.25, 0.3) is 5.56 Å².